The summed E-state index contributed by atoms with van der Waals surface area (Å²) in [7, 11) is 2.18. The number of hydrogen-bond donors (Lipinski definition) is 1. The van der Waals surface area contributed by atoms with E-state index < -0.39 is 0 Å². The summed E-state index contributed by atoms with van der Waals surface area (Å²) in [6, 6.07) is 0. The molecule has 0 aromatic carbocycles. The number of carbonyl (C=O) groups excluding carboxylic acids is 1. The molecule has 0 amide bonds. The first kappa shape index (κ1) is 42.1. The fraction of sp³-hybridized carbons (Fsp3) is 0.892. The van der Waals surface area contributed by atoms with Crippen LogP contribution in [0.4, 0.5) is 5.95 Å². The van der Waals surface area contributed by atoms with Crippen LogP contribution in [-0.2, 0) is 8.98 Å². The molecule has 0 saturated carbocycles. The van der Waals surface area contributed by atoms with Gasteiger partial charge >= 0.3 is 5.97 Å². The van der Waals surface area contributed by atoms with Gasteiger partial charge in [0.2, 0.25) is 11.1 Å². The van der Waals surface area contributed by atoms with Gasteiger partial charge in [-0.1, -0.05) is 154 Å². The lowest BCUT2D eigenvalue weighted by atomic mass is 10.0. The summed E-state index contributed by atoms with van der Waals surface area (Å²) in [4.78, 5) is 31.1. The standard InChI is InChI=1S/C37H70N6O2S2/c1-4-6-8-10-12-13-14-15-16-17-18-19-20-21-23-25-33-46-36-39-35(38-27-28-43-31-29-42(3)30-32-43)40-37(41-36)47-45-34(44)26-24-22-11-9-7-5-2/h4-33H2,1-3H3,(H,38,39,40,41). The maximum absolute atomic E-state index is 12.3. The van der Waals surface area contributed by atoms with Gasteiger partial charge in [-0.15, -0.1) is 0 Å². The van der Waals surface area contributed by atoms with Crippen molar-refractivity contribution in [1.29, 1.82) is 0 Å². The van der Waals surface area contributed by atoms with Crippen molar-refractivity contribution in [2.24, 2.45) is 0 Å². The minimum absolute atomic E-state index is 0.196. The van der Waals surface area contributed by atoms with E-state index in [0.29, 0.717) is 22.7 Å². The second-order valence-electron chi connectivity index (χ2n) is 13.5. The van der Waals surface area contributed by atoms with Gasteiger partial charge < -0.3 is 14.4 Å². The highest BCUT2D eigenvalue weighted by atomic mass is 32.2. The van der Waals surface area contributed by atoms with E-state index in [1.165, 1.54) is 122 Å². The van der Waals surface area contributed by atoms with E-state index in [2.05, 4.69) is 46.0 Å². The third kappa shape index (κ3) is 23.8. The van der Waals surface area contributed by atoms with Gasteiger partial charge in [-0.3, -0.25) is 9.69 Å². The van der Waals surface area contributed by atoms with Crippen molar-refractivity contribution in [1.82, 2.24) is 24.8 Å². The highest BCUT2D eigenvalue weighted by molar-refractivity contribution is 7.99. The van der Waals surface area contributed by atoms with Gasteiger partial charge in [0.15, 0.2) is 5.16 Å². The Morgan fingerprint density at radius 2 is 1.15 bits per heavy atom. The first-order valence-electron chi connectivity index (χ1n) is 19.5. The van der Waals surface area contributed by atoms with E-state index in [-0.39, 0.29) is 5.97 Å². The molecule has 10 heteroatoms. The molecule has 0 radical (unpaired) electrons. The van der Waals surface area contributed by atoms with E-state index in [9.17, 15) is 4.79 Å². The molecule has 47 heavy (non-hydrogen) atoms. The molecule has 1 aliphatic rings. The molecule has 0 aliphatic carbocycles. The van der Waals surface area contributed by atoms with Gasteiger partial charge in [-0.05, 0) is 19.9 Å². The minimum Gasteiger partial charge on any atom is -0.383 e. The zero-order valence-electron chi connectivity index (χ0n) is 30.6. The summed E-state index contributed by atoms with van der Waals surface area (Å²) in [5.41, 5.74) is 0. The number of likely N-dealkylation sites (N-methyl/N-ethyl adjacent to an activating group) is 1. The Morgan fingerprint density at radius 3 is 1.70 bits per heavy atom. The molecular weight excluding hydrogens is 625 g/mol. The third-order valence-corrected chi connectivity index (χ3v) is 10.6. The Bertz CT molecular complexity index is 888. The molecule has 1 aromatic heterocycles. The molecule has 272 valence electrons. The summed E-state index contributed by atoms with van der Waals surface area (Å²) in [6.45, 7) is 10.6. The van der Waals surface area contributed by atoms with Crippen molar-refractivity contribution < 1.29 is 8.98 Å². The molecule has 1 N–H and O–H groups in total. The number of hydrogen-bond acceptors (Lipinski definition) is 10. The number of unbranched alkanes of at least 4 members (excludes halogenated alkanes) is 20. The topological polar surface area (TPSA) is 83.5 Å². The number of aromatic nitrogens is 3. The van der Waals surface area contributed by atoms with Crippen LogP contribution in [0.1, 0.15) is 162 Å². The van der Waals surface area contributed by atoms with Crippen molar-refractivity contribution in [3.05, 3.63) is 0 Å². The van der Waals surface area contributed by atoms with Gasteiger partial charge in [-0.25, -0.2) is 0 Å². The smallest absolute Gasteiger partial charge is 0.318 e. The summed E-state index contributed by atoms with van der Waals surface area (Å²) in [6.07, 6.45) is 29.4. The molecule has 1 saturated heterocycles. The molecule has 1 fully saturated rings. The monoisotopic (exact) mass is 695 g/mol. The van der Waals surface area contributed by atoms with Crippen molar-refractivity contribution in [3.63, 3.8) is 0 Å². The van der Waals surface area contributed by atoms with Crippen molar-refractivity contribution in [2.75, 3.05) is 57.4 Å². The fourth-order valence-corrected chi connectivity index (χ4v) is 7.29. The van der Waals surface area contributed by atoms with E-state index in [4.69, 9.17) is 9.17 Å². The number of thioether (sulfide) groups is 1. The maximum atomic E-state index is 12.3. The first-order valence-corrected chi connectivity index (χ1v) is 21.2. The third-order valence-electron chi connectivity index (χ3n) is 9.07. The average molecular weight is 695 g/mol. The van der Waals surface area contributed by atoms with Crippen molar-refractivity contribution in [2.45, 2.75) is 172 Å². The SMILES string of the molecule is CCCCCCCCCCCCCCCCCCSc1nc(NCCN2CCN(C)CC2)nc(SOC(=O)CCCCCCCC)n1. The number of nitrogens with zero attached hydrogens (tertiary/aromatic N) is 5. The van der Waals surface area contributed by atoms with Crippen LogP contribution in [0.5, 0.6) is 0 Å². The summed E-state index contributed by atoms with van der Waals surface area (Å²) in [5, 5.41) is 4.56. The van der Waals surface area contributed by atoms with E-state index in [0.717, 1.165) is 76.3 Å². The first-order chi connectivity index (χ1) is 23.1. The van der Waals surface area contributed by atoms with Crippen LogP contribution in [0.3, 0.4) is 0 Å². The Morgan fingerprint density at radius 1 is 0.660 bits per heavy atom. The van der Waals surface area contributed by atoms with Crippen LogP contribution in [0.15, 0.2) is 10.3 Å². The lowest BCUT2D eigenvalue weighted by molar-refractivity contribution is -0.133. The number of carbonyl (C=O) groups is 1. The Balaban J connectivity index is 1.64. The van der Waals surface area contributed by atoms with Crippen LogP contribution in [0.2, 0.25) is 0 Å². The van der Waals surface area contributed by atoms with Gasteiger partial charge in [0.1, 0.15) is 12.0 Å². The molecule has 1 aromatic rings. The number of piperazine rings is 1. The van der Waals surface area contributed by atoms with Crippen molar-refractivity contribution >= 4 is 35.7 Å². The van der Waals surface area contributed by atoms with E-state index in [1.54, 1.807) is 11.8 Å². The van der Waals surface area contributed by atoms with Crippen LogP contribution in [-0.4, -0.2) is 82.8 Å². The predicted octanol–water partition coefficient (Wildman–Crippen LogP) is 10.2. The molecule has 0 atom stereocenters. The zero-order chi connectivity index (χ0) is 33.6. The molecule has 2 heterocycles. The maximum Gasteiger partial charge on any atom is 0.318 e. The predicted molar refractivity (Wildman–Crippen MR) is 202 cm³/mol. The number of rotatable bonds is 31. The van der Waals surface area contributed by atoms with Gasteiger partial charge in [0.05, 0.1) is 0 Å². The Hall–Kier alpha value is -1.10. The van der Waals surface area contributed by atoms with Gasteiger partial charge in [-0.2, -0.15) is 15.0 Å². The fourth-order valence-electron chi connectivity index (χ4n) is 5.90. The molecule has 2 rings (SSSR count). The van der Waals surface area contributed by atoms with Crippen LogP contribution in [0.25, 0.3) is 0 Å². The largest absolute Gasteiger partial charge is 0.383 e. The molecule has 0 unspecified atom stereocenters. The van der Waals surface area contributed by atoms with Crippen molar-refractivity contribution in [3.8, 4) is 0 Å². The van der Waals surface area contributed by atoms with Crippen LogP contribution >= 0.6 is 23.8 Å². The van der Waals surface area contributed by atoms with Crippen LogP contribution in [0, 0.1) is 0 Å². The van der Waals surface area contributed by atoms with Gasteiger partial charge in [0, 0.05) is 51.4 Å². The second kappa shape index (κ2) is 29.8. The summed E-state index contributed by atoms with van der Waals surface area (Å²) < 4.78 is 5.49. The highest BCUT2D eigenvalue weighted by Gasteiger charge is 2.15. The lowest BCUT2D eigenvalue weighted by Crippen LogP contribution is -2.45. The minimum atomic E-state index is -0.196. The Kier molecular flexibility index (Phi) is 26.7. The molecule has 8 nitrogen and oxygen atoms in total. The second-order valence-corrected chi connectivity index (χ2v) is 15.3. The molecule has 1 aliphatic heterocycles. The summed E-state index contributed by atoms with van der Waals surface area (Å²) >= 11 is 2.66. The van der Waals surface area contributed by atoms with E-state index in [1.807, 2.05) is 0 Å². The average Bonchev–Trinajstić information content (AvgIpc) is 3.07. The van der Waals surface area contributed by atoms with Crippen LogP contribution < -0.4 is 5.32 Å². The molecular formula is C37H70N6O2S2. The van der Waals surface area contributed by atoms with E-state index >= 15 is 0 Å². The number of anilines is 1. The Labute approximate surface area is 297 Å². The molecule has 0 spiro atoms. The summed E-state index contributed by atoms with van der Waals surface area (Å²) in [5.74, 6) is 1.36. The highest BCUT2D eigenvalue weighted by Crippen LogP contribution is 2.23. The lowest BCUT2D eigenvalue weighted by Gasteiger charge is -2.32. The zero-order valence-corrected chi connectivity index (χ0v) is 32.2. The number of nitrogens with one attached hydrogen (secondary N) is 1. The quantitative estimate of drug-likeness (QED) is 0.0460. The normalized spacial score (nSPS) is 14.1. The molecule has 0 bridgehead atoms. The van der Waals surface area contributed by atoms with Gasteiger partial charge in [0.25, 0.3) is 0 Å².